The third-order valence-corrected chi connectivity index (χ3v) is 4.56. The second-order valence-electron chi connectivity index (χ2n) is 6.67. The molecule has 2 amide bonds. The van der Waals surface area contributed by atoms with Gasteiger partial charge in [0.15, 0.2) is 0 Å². The highest BCUT2D eigenvalue weighted by Crippen LogP contribution is 2.35. The monoisotopic (exact) mass is 398 g/mol. The molecule has 6 nitrogen and oxygen atoms in total. The van der Waals surface area contributed by atoms with Crippen molar-refractivity contribution in [1.29, 1.82) is 0 Å². The van der Waals surface area contributed by atoms with Gasteiger partial charge in [0, 0.05) is 19.7 Å². The summed E-state index contributed by atoms with van der Waals surface area (Å²) >= 11 is 0. The number of aliphatic hydroxyl groups excluding tert-OH is 1. The third-order valence-electron chi connectivity index (χ3n) is 4.56. The van der Waals surface area contributed by atoms with Gasteiger partial charge in [0.25, 0.3) is 11.8 Å². The lowest BCUT2D eigenvalue weighted by atomic mass is 10.0. The van der Waals surface area contributed by atoms with Crippen LogP contribution in [-0.4, -0.2) is 48.6 Å². The maximum Gasteiger partial charge on any atom is 0.282 e. The van der Waals surface area contributed by atoms with E-state index in [9.17, 15) is 19.1 Å². The Hall–Kier alpha value is -3.19. The Balaban J connectivity index is 2.04. The molecule has 2 aromatic carbocycles. The summed E-state index contributed by atoms with van der Waals surface area (Å²) in [7, 11) is 1.63. The first-order valence-electron chi connectivity index (χ1n) is 9.41. The first kappa shape index (κ1) is 20.5. The number of imide groups is 1. The Morgan fingerprint density at radius 3 is 2.48 bits per heavy atom. The molecule has 2 aromatic rings. The van der Waals surface area contributed by atoms with Crippen LogP contribution >= 0.6 is 0 Å². The summed E-state index contributed by atoms with van der Waals surface area (Å²) < 4.78 is 19.0. The first-order chi connectivity index (χ1) is 14.0. The van der Waals surface area contributed by atoms with E-state index in [4.69, 9.17) is 4.74 Å². The number of rotatable bonds is 8. The number of carbonyl (C=O) groups is 2. The number of aliphatic hydroxyl groups is 1. The molecule has 0 atom stereocenters. The minimum Gasteiger partial charge on any atom is -0.494 e. The van der Waals surface area contributed by atoms with Crippen LogP contribution in [0.25, 0.3) is 5.57 Å². The number of carbonyl (C=O) groups excluding carboxylic acids is 2. The highest BCUT2D eigenvalue weighted by molar-refractivity contribution is 6.45. The summed E-state index contributed by atoms with van der Waals surface area (Å²) in [5.41, 5.74) is 1.16. The molecule has 0 aromatic heterocycles. The summed E-state index contributed by atoms with van der Waals surface area (Å²) in [4.78, 5) is 29.1. The summed E-state index contributed by atoms with van der Waals surface area (Å²) in [6.45, 7) is 2.50. The summed E-state index contributed by atoms with van der Waals surface area (Å²) in [6.07, 6.45) is 0.832. The number of hydrogen-bond donors (Lipinski definition) is 1. The molecule has 0 fully saturated rings. The number of likely N-dealkylation sites (N-methyl/N-ethyl adjacent to an activating group) is 1. The number of anilines is 1. The van der Waals surface area contributed by atoms with Crippen LogP contribution in [0.2, 0.25) is 0 Å². The molecule has 0 saturated heterocycles. The Kier molecular flexibility index (Phi) is 6.29. The smallest absolute Gasteiger partial charge is 0.282 e. The van der Waals surface area contributed by atoms with E-state index in [-0.39, 0.29) is 24.4 Å². The van der Waals surface area contributed by atoms with Gasteiger partial charge in [-0.1, -0.05) is 25.1 Å². The molecule has 0 aliphatic carbocycles. The fraction of sp³-hybridized carbons (Fsp3) is 0.273. The van der Waals surface area contributed by atoms with Crippen molar-refractivity contribution in [2.45, 2.75) is 13.3 Å². The topological polar surface area (TPSA) is 70.1 Å². The number of nitrogens with zero attached hydrogens (tertiary/aromatic N) is 2. The minimum absolute atomic E-state index is 0.163. The van der Waals surface area contributed by atoms with E-state index in [0.29, 0.717) is 23.6 Å². The van der Waals surface area contributed by atoms with Crippen LogP contribution in [0.1, 0.15) is 18.9 Å². The molecule has 29 heavy (non-hydrogen) atoms. The van der Waals surface area contributed by atoms with Crippen molar-refractivity contribution in [2.75, 3.05) is 31.7 Å². The zero-order chi connectivity index (χ0) is 21.0. The summed E-state index contributed by atoms with van der Waals surface area (Å²) in [6, 6.07) is 12.2. The van der Waals surface area contributed by atoms with E-state index in [0.717, 1.165) is 11.3 Å². The van der Waals surface area contributed by atoms with E-state index < -0.39 is 17.6 Å². The largest absolute Gasteiger partial charge is 0.494 e. The van der Waals surface area contributed by atoms with Crippen LogP contribution in [0.3, 0.4) is 0 Å². The molecule has 7 heteroatoms. The van der Waals surface area contributed by atoms with Crippen LogP contribution in [0.5, 0.6) is 5.75 Å². The predicted octanol–water partition coefficient (Wildman–Crippen LogP) is 2.82. The molecular formula is C22H23FN2O4. The fourth-order valence-electron chi connectivity index (χ4n) is 3.18. The van der Waals surface area contributed by atoms with Crippen molar-refractivity contribution < 1.29 is 23.8 Å². The van der Waals surface area contributed by atoms with E-state index in [1.165, 1.54) is 29.2 Å². The van der Waals surface area contributed by atoms with E-state index >= 15 is 0 Å². The Bertz CT molecular complexity index is 940. The van der Waals surface area contributed by atoms with E-state index in [1.54, 1.807) is 31.3 Å². The zero-order valence-electron chi connectivity index (χ0n) is 16.4. The van der Waals surface area contributed by atoms with Gasteiger partial charge >= 0.3 is 0 Å². The van der Waals surface area contributed by atoms with Crippen molar-refractivity contribution in [3.05, 3.63) is 65.6 Å². The van der Waals surface area contributed by atoms with Gasteiger partial charge < -0.3 is 14.7 Å². The molecule has 1 heterocycles. The predicted molar refractivity (Wildman–Crippen MR) is 108 cm³/mol. The van der Waals surface area contributed by atoms with Crippen molar-refractivity contribution in [3.8, 4) is 5.75 Å². The minimum atomic E-state index is -0.506. The highest BCUT2D eigenvalue weighted by atomic mass is 19.1. The van der Waals surface area contributed by atoms with Crippen LogP contribution in [-0.2, 0) is 9.59 Å². The van der Waals surface area contributed by atoms with Gasteiger partial charge in [-0.05, 0) is 36.2 Å². The molecule has 1 aliphatic rings. The zero-order valence-corrected chi connectivity index (χ0v) is 16.4. The van der Waals surface area contributed by atoms with E-state index in [2.05, 4.69) is 0 Å². The quantitative estimate of drug-likeness (QED) is 0.693. The van der Waals surface area contributed by atoms with Gasteiger partial charge in [-0.3, -0.25) is 9.59 Å². The van der Waals surface area contributed by atoms with Gasteiger partial charge in [-0.2, -0.15) is 0 Å². The van der Waals surface area contributed by atoms with Gasteiger partial charge in [0.2, 0.25) is 0 Å². The Morgan fingerprint density at radius 1 is 1.10 bits per heavy atom. The Morgan fingerprint density at radius 2 is 1.83 bits per heavy atom. The van der Waals surface area contributed by atoms with Gasteiger partial charge in [-0.15, -0.1) is 0 Å². The lowest BCUT2D eigenvalue weighted by molar-refractivity contribution is -0.120. The second-order valence-corrected chi connectivity index (χ2v) is 6.67. The van der Waals surface area contributed by atoms with Crippen LogP contribution in [0, 0.1) is 5.82 Å². The van der Waals surface area contributed by atoms with Crippen molar-refractivity contribution in [3.63, 3.8) is 0 Å². The van der Waals surface area contributed by atoms with Gasteiger partial charge in [0.1, 0.15) is 17.3 Å². The maximum atomic E-state index is 13.4. The molecule has 0 saturated carbocycles. The van der Waals surface area contributed by atoms with Crippen LogP contribution in [0.4, 0.5) is 10.1 Å². The maximum absolute atomic E-state index is 13.4. The fourth-order valence-corrected chi connectivity index (χ4v) is 3.18. The normalized spacial score (nSPS) is 14.0. The summed E-state index contributed by atoms with van der Waals surface area (Å²) in [5.74, 6) is -0.883. The SMILES string of the molecule is CCCOc1cccc(N2C(=O)C(c3ccc(F)cc3)=C(N(C)CCO)C2=O)c1. The van der Waals surface area contributed by atoms with Gasteiger partial charge in [0.05, 0.1) is 24.5 Å². The number of hydrogen-bond acceptors (Lipinski definition) is 5. The standard InChI is InChI=1S/C22H23FN2O4/c1-3-13-29-18-6-4-5-17(14-18)25-21(27)19(15-7-9-16(23)10-8-15)20(22(25)28)24(2)11-12-26/h4-10,14,26H,3,11-13H2,1-2H3. The Labute approximate surface area is 168 Å². The highest BCUT2D eigenvalue weighted by Gasteiger charge is 2.41. The molecule has 0 spiro atoms. The number of halogens is 1. The van der Waals surface area contributed by atoms with Crippen molar-refractivity contribution in [2.24, 2.45) is 0 Å². The molecule has 0 unspecified atom stereocenters. The lowest BCUT2D eigenvalue weighted by Crippen LogP contribution is -2.34. The van der Waals surface area contributed by atoms with Crippen molar-refractivity contribution in [1.82, 2.24) is 4.90 Å². The van der Waals surface area contributed by atoms with Crippen LogP contribution < -0.4 is 9.64 Å². The molecule has 0 radical (unpaired) electrons. The first-order valence-corrected chi connectivity index (χ1v) is 9.41. The molecule has 152 valence electrons. The average Bonchev–Trinajstić information content (AvgIpc) is 2.97. The van der Waals surface area contributed by atoms with Crippen molar-refractivity contribution >= 4 is 23.1 Å². The second kappa shape index (κ2) is 8.87. The molecule has 0 bridgehead atoms. The van der Waals surface area contributed by atoms with Crippen LogP contribution in [0.15, 0.2) is 54.2 Å². The molecule has 3 rings (SSSR count). The third kappa shape index (κ3) is 4.14. The summed E-state index contributed by atoms with van der Waals surface area (Å²) in [5, 5.41) is 9.30. The molecular weight excluding hydrogens is 375 g/mol. The number of benzene rings is 2. The van der Waals surface area contributed by atoms with E-state index in [1.807, 2.05) is 6.92 Å². The van der Waals surface area contributed by atoms with Gasteiger partial charge in [-0.25, -0.2) is 9.29 Å². The molecule has 1 N–H and O–H groups in total. The average molecular weight is 398 g/mol. The number of amides is 2. The number of ether oxygens (including phenoxy) is 1. The lowest BCUT2D eigenvalue weighted by Gasteiger charge is -2.20. The molecule has 1 aliphatic heterocycles.